The Kier molecular flexibility index (Phi) is 4.07. The smallest absolute Gasteiger partial charge is 0.254 e. The summed E-state index contributed by atoms with van der Waals surface area (Å²) >= 11 is 5.95. The van der Waals surface area contributed by atoms with Crippen LogP contribution in [0.3, 0.4) is 0 Å². The number of nitrogens with zero attached hydrogens (tertiary/aromatic N) is 2. The van der Waals surface area contributed by atoms with E-state index in [0.29, 0.717) is 22.6 Å². The highest BCUT2D eigenvalue weighted by atomic mass is 35.5. The van der Waals surface area contributed by atoms with E-state index in [1.807, 2.05) is 11.8 Å². The van der Waals surface area contributed by atoms with Crippen LogP contribution in [0.2, 0.25) is 5.15 Å². The van der Waals surface area contributed by atoms with Crippen LogP contribution in [-0.4, -0.2) is 34.9 Å². The number of anilines is 1. The lowest BCUT2D eigenvalue weighted by Gasteiger charge is -2.21. The topological polar surface area (TPSA) is 45.2 Å². The molecule has 5 heteroatoms. The van der Waals surface area contributed by atoms with Crippen molar-refractivity contribution in [1.82, 2.24) is 9.88 Å². The predicted octanol–water partition coefficient (Wildman–Crippen LogP) is 2.79. The van der Waals surface area contributed by atoms with Gasteiger partial charge in [-0.1, -0.05) is 11.6 Å². The molecule has 0 spiro atoms. The molecule has 1 N–H and O–H groups in total. The zero-order valence-corrected chi connectivity index (χ0v) is 11.5. The highest BCUT2D eigenvalue weighted by Gasteiger charge is 2.26. The molecule has 2 heterocycles. The molecule has 1 atom stereocenters. The fraction of sp³-hybridized carbons (Fsp3) is 0.538. The van der Waals surface area contributed by atoms with Gasteiger partial charge in [-0.05, 0) is 38.8 Å². The van der Waals surface area contributed by atoms with Crippen molar-refractivity contribution in [3.05, 3.63) is 22.8 Å². The van der Waals surface area contributed by atoms with Gasteiger partial charge < -0.3 is 10.2 Å². The summed E-state index contributed by atoms with van der Waals surface area (Å²) < 4.78 is 0. The van der Waals surface area contributed by atoms with Gasteiger partial charge in [0.15, 0.2) is 0 Å². The summed E-state index contributed by atoms with van der Waals surface area (Å²) in [6.07, 6.45) is 2.15. The number of aromatic nitrogens is 1. The van der Waals surface area contributed by atoms with Crippen molar-refractivity contribution < 1.29 is 4.79 Å². The molecule has 1 aliphatic rings. The van der Waals surface area contributed by atoms with Crippen molar-refractivity contribution in [2.75, 3.05) is 18.4 Å². The second kappa shape index (κ2) is 5.57. The molecule has 1 aromatic rings. The molecule has 18 heavy (non-hydrogen) atoms. The van der Waals surface area contributed by atoms with Crippen LogP contribution in [0.25, 0.3) is 0 Å². The van der Waals surface area contributed by atoms with Gasteiger partial charge in [-0.25, -0.2) is 4.98 Å². The van der Waals surface area contributed by atoms with Crippen LogP contribution < -0.4 is 5.32 Å². The van der Waals surface area contributed by atoms with Crippen molar-refractivity contribution in [3.8, 4) is 0 Å². The van der Waals surface area contributed by atoms with E-state index >= 15 is 0 Å². The number of amides is 1. The summed E-state index contributed by atoms with van der Waals surface area (Å²) in [6.45, 7) is 5.64. The zero-order valence-electron chi connectivity index (χ0n) is 10.7. The summed E-state index contributed by atoms with van der Waals surface area (Å²) in [4.78, 5) is 18.4. The van der Waals surface area contributed by atoms with Crippen LogP contribution in [0.5, 0.6) is 0 Å². The predicted molar refractivity (Wildman–Crippen MR) is 73.1 cm³/mol. The molecule has 98 valence electrons. The number of likely N-dealkylation sites (tertiary alicyclic amines) is 1. The normalized spacial score (nSPS) is 19.1. The van der Waals surface area contributed by atoms with Crippen LogP contribution in [-0.2, 0) is 0 Å². The average molecular weight is 268 g/mol. The minimum absolute atomic E-state index is 0.0449. The lowest BCUT2D eigenvalue weighted by Crippen LogP contribution is -2.33. The molecule has 0 saturated carbocycles. The molecule has 0 aromatic carbocycles. The number of rotatable bonds is 3. The quantitative estimate of drug-likeness (QED) is 0.857. The van der Waals surface area contributed by atoms with Gasteiger partial charge in [0.25, 0.3) is 5.91 Å². The third kappa shape index (κ3) is 2.75. The SMILES string of the molecule is CCNc1cc(C(=O)N2CCCC2C)cc(Cl)n1. The Labute approximate surface area is 112 Å². The standard InChI is InChI=1S/C13H18ClN3O/c1-3-15-12-8-10(7-11(14)16-12)13(18)17-6-4-5-9(17)2/h7-9H,3-6H2,1-2H3,(H,15,16). The van der Waals surface area contributed by atoms with Crippen LogP contribution in [0.4, 0.5) is 5.82 Å². The monoisotopic (exact) mass is 267 g/mol. The van der Waals surface area contributed by atoms with E-state index in [-0.39, 0.29) is 5.91 Å². The number of nitrogens with one attached hydrogen (secondary N) is 1. The van der Waals surface area contributed by atoms with E-state index in [4.69, 9.17) is 11.6 Å². The van der Waals surface area contributed by atoms with E-state index in [2.05, 4.69) is 17.2 Å². The number of carbonyl (C=O) groups is 1. The highest BCUT2D eigenvalue weighted by Crippen LogP contribution is 2.22. The van der Waals surface area contributed by atoms with Crippen molar-refractivity contribution in [2.45, 2.75) is 32.7 Å². The molecule has 1 aliphatic heterocycles. The maximum atomic E-state index is 12.4. The van der Waals surface area contributed by atoms with Crippen LogP contribution in [0.1, 0.15) is 37.0 Å². The zero-order chi connectivity index (χ0) is 13.1. The third-order valence-electron chi connectivity index (χ3n) is 3.21. The van der Waals surface area contributed by atoms with Gasteiger partial charge in [0.2, 0.25) is 0 Å². The molecular formula is C13H18ClN3O. The molecule has 1 unspecified atom stereocenters. The number of hydrogen-bond donors (Lipinski definition) is 1. The molecule has 1 fully saturated rings. The first-order chi connectivity index (χ1) is 8.61. The molecule has 2 rings (SSSR count). The summed E-state index contributed by atoms with van der Waals surface area (Å²) in [7, 11) is 0. The lowest BCUT2D eigenvalue weighted by atomic mass is 10.2. The van der Waals surface area contributed by atoms with Crippen LogP contribution >= 0.6 is 11.6 Å². The maximum Gasteiger partial charge on any atom is 0.254 e. The second-order valence-corrected chi connectivity index (χ2v) is 4.97. The molecule has 1 aromatic heterocycles. The van der Waals surface area contributed by atoms with Gasteiger partial charge in [0.05, 0.1) is 0 Å². The first-order valence-electron chi connectivity index (χ1n) is 6.34. The Bertz CT molecular complexity index is 450. The van der Waals surface area contributed by atoms with Crippen molar-refractivity contribution >= 4 is 23.3 Å². The minimum Gasteiger partial charge on any atom is -0.370 e. The fourth-order valence-corrected chi connectivity index (χ4v) is 2.50. The van der Waals surface area contributed by atoms with Gasteiger partial charge in [-0.3, -0.25) is 4.79 Å². The van der Waals surface area contributed by atoms with E-state index in [1.165, 1.54) is 0 Å². The van der Waals surface area contributed by atoms with E-state index in [1.54, 1.807) is 12.1 Å². The number of hydrogen-bond acceptors (Lipinski definition) is 3. The largest absolute Gasteiger partial charge is 0.370 e. The Balaban J connectivity index is 2.24. The molecule has 1 saturated heterocycles. The Morgan fingerprint density at radius 2 is 2.39 bits per heavy atom. The molecule has 1 amide bonds. The molecule has 0 bridgehead atoms. The number of pyridine rings is 1. The average Bonchev–Trinajstić information content (AvgIpc) is 2.74. The molecular weight excluding hydrogens is 250 g/mol. The van der Waals surface area contributed by atoms with Crippen molar-refractivity contribution in [1.29, 1.82) is 0 Å². The first kappa shape index (κ1) is 13.1. The molecule has 0 aliphatic carbocycles. The third-order valence-corrected chi connectivity index (χ3v) is 3.41. The Morgan fingerprint density at radius 1 is 1.61 bits per heavy atom. The van der Waals surface area contributed by atoms with Gasteiger partial charge in [-0.15, -0.1) is 0 Å². The Morgan fingerprint density at radius 3 is 3.00 bits per heavy atom. The molecule has 4 nitrogen and oxygen atoms in total. The van der Waals surface area contributed by atoms with E-state index in [9.17, 15) is 4.79 Å². The molecule has 0 radical (unpaired) electrons. The van der Waals surface area contributed by atoms with Gasteiger partial charge in [0, 0.05) is 24.7 Å². The van der Waals surface area contributed by atoms with Gasteiger partial charge in [-0.2, -0.15) is 0 Å². The lowest BCUT2D eigenvalue weighted by molar-refractivity contribution is 0.0747. The minimum atomic E-state index is 0.0449. The van der Waals surface area contributed by atoms with Crippen LogP contribution in [0, 0.1) is 0 Å². The fourth-order valence-electron chi connectivity index (χ4n) is 2.29. The Hall–Kier alpha value is -1.29. The van der Waals surface area contributed by atoms with E-state index < -0.39 is 0 Å². The number of carbonyl (C=O) groups excluding carboxylic acids is 1. The van der Waals surface area contributed by atoms with Crippen LogP contribution in [0.15, 0.2) is 12.1 Å². The van der Waals surface area contributed by atoms with Crippen molar-refractivity contribution in [2.24, 2.45) is 0 Å². The number of halogens is 1. The highest BCUT2D eigenvalue weighted by molar-refractivity contribution is 6.29. The summed E-state index contributed by atoms with van der Waals surface area (Å²) in [5.74, 6) is 0.698. The second-order valence-electron chi connectivity index (χ2n) is 4.58. The van der Waals surface area contributed by atoms with Crippen molar-refractivity contribution in [3.63, 3.8) is 0 Å². The first-order valence-corrected chi connectivity index (χ1v) is 6.72. The summed E-state index contributed by atoms with van der Waals surface area (Å²) in [6, 6.07) is 3.71. The van der Waals surface area contributed by atoms with Gasteiger partial charge in [0.1, 0.15) is 11.0 Å². The maximum absolute atomic E-state index is 12.4. The summed E-state index contributed by atoms with van der Waals surface area (Å²) in [5.41, 5.74) is 0.611. The van der Waals surface area contributed by atoms with E-state index in [0.717, 1.165) is 25.9 Å². The summed E-state index contributed by atoms with van der Waals surface area (Å²) in [5, 5.41) is 3.43. The van der Waals surface area contributed by atoms with Gasteiger partial charge >= 0.3 is 0 Å².